The van der Waals surface area contributed by atoms with Gasteiger partial charge in [-0.3, -0.25) is 28.9 Å². The molecule has 14 heteroatoms. The third kappa shape index (κ3) is 9.99. The number of benzene rings is 1. The van der Waals surface area contributed by atoms with Gasteiger partial charge >= 0.3 is 11.9 Å². The monoisotopic (exact) mass is 574 g/mol. The van der Waals surface area contributed by atoms with Gasteiger partial charge in [0.05, 0.1) is 6.04 Å². The summed E-state index contributed by atoms with van der Waals surface area (Å²) in [5, 5.41) is 22.3. The van der Waals surface area contributed by atoms with Crippen LogP contribution >= 0.6 is 0 Å². The molecular formula is C27H38N6O8. The second kappa shape index (κ2) is 15.5. The SMILES string of the molecule is CC(N)CCCC(=O)N(C(=O)CC[C@H](N)C(N)=O)[C@@H](CCC(=O)O)C(=O)N[C@@H](Cc1c[nH]c2ccccc12)C(=O)O. The zero-order valence-electron chi connectivity index (χ0n) is 22.9. The molecule has 224 valence electrons. The number of nitrogens with zero attached hydrogens (tertiary/aromatic N) is 1. The second-order valence-electron chi connectivity index (χ2n) is 9.99. The van der Waals surface area contributed by atoms with Crippen LogP contribution in [0.25, 0.3) is 10.9 Å². The lowest BCUT2D eigenvalue weighted by molar-refractivity contribution is -0.154. The first kappa shape index (κ1) is 32.9. The summed E-state index contributed by atoms with van der Waals surface area (Å²) in [6, 6.07) is 2.67. The lowest BCUT2D eigenvalue weighted by Gasteiger charge is -2.30. The van der Waals surface area contributed by atoms with Gasteiger partial charge in [-0.15, -0.1) is 0 Å². The number of carboxylic acids is 2. The van der Waals surface area contributed by atoms with Gasteiger partial charge in [0.2, 0.25) is 23.6 Å². The Hall–Kier alpha value is -4.30. The van der Waals surface area contributed by atoms with E-state index in [0.29, 0.717) is 16.9 Å². The molecule has 1 aromatic carbocycles. The van der Waals surface area contributed by atoms with Crippen LogP contribution in [0.3, 0.4) is 0 Å². The largest absolute Gasteiger partial charge is 0.481 e. The number of nitrogens with one attached hydrogen (secondary N) is 2. The van der Waals surface area contributed by atoms with Crippen molar-refractivity contribution in [3.8, 4) is 0 Å². The van der Waals surface area contributed by atoms with Crippen molar-refractivity contribution in [1.82, 2.24) is 15.2 Å². The number of aromatic nitrogens is 1. The van der Waals surface area contributed by atoms with Crippen molar-refractivity contribution in [2.75, 3.05) is 0 Å². The van der Waals surface area contributed by atoms with Crippen molar-refractivity contribution >= 4 is 46.5 Å². The van der Waals surface area contributed by atoms with Gasteiger partial charge in [0, 0.05) is 48.8 Å². The minimum Gasteiger partial charge on any atom is -0.481 e. The topological polar surface area (TPSA) is 252 Å². The van der Waals surface area contributed by atoms with Crippen molar-refractivity contribution in [2.45, 2.75) is 82.5 Å². The zero-order valence-corrected chi connectivity index (χ0v) is 22.9. The molecule has 0 spiro atoms. The molecule has 0 aliphatic heterocycles. The summed E-state index contributed by atoms with van der Waals surface area (Å²) in [5.74, 6) is -6.17. The lowest BCUT2D eigenvalue weighted by atomic mass is 10.0. The number of carboxylic acid groups (broad SMARTS) is 2. The molecule has 0 radical (unpaired) electrons. The van der Waals surface area contributed by atoms with Crippen LogP contribution in [0.2, 0.25) is 0 Å². The molecule has 14 nitrogen and oxygen atoms in total. The Kier molecular flexibility index (Phi) is 12.4. The number of aliphatic carboxylic acids is 2. The van der Waals surface area contributed by atoms with E-state index in [1.165, 1.54) is 0 Å². The van der Waals surface area contributed by atoms with E-state index < -0.39 is 73.0 Å². The number of aromatic amines is 1. The molecule has 10 N–H and O–H groups in total. The molecule has 0 saturated carbocycles. The number of carbonyl (C=O) groups is 6. The molecule has 0 bridgehead atoms. The maximum Gasteiger partial charge on any atom is 0.326 e. The average molecular weight is 575 g/mol. The van der Waals surface area contributed by atoms with Crippen LogP contribution in [0.1, 0.15) is 57.4 Å². The van der Waals surface area contributed by atoms with Crippen LogP contribution in [0, 0.1) is 0 Å². The number of imide groups is 1. The minimum atomic E-state index is -1.63. The highest BCUT2D eigenvalue weighted by atomic mass is 16.4. The van der Waals surface area contributed by atoms with Crippen LogP contribution in [0.5, 0.6) is 0 Å². The molecule has 4 atom stereocenters. The predicted molar refractivity (Wildman–Crippen MR) is 148 cm³/mol. The number of H-pyrrole nitrogens is 1. The maximum atomic E-state index is 13.5. The van der Waals surface area contributed by atoms with Crippen molar-refractivity contribution in [3.63, 3.8) is 0 Å². The Morgan fingerprint density at radius 3 is 2.22 bits per heavy atom. The van der Waals surface area contributed by atoms with Gasteiger partial charge in [-0.2, -0.15) is 0 Å². The normalized spacial score (nSPS) is 14.0. The third-order valence-corrected chi connectivity index (χ3v) is 6.58. The first-order valence-electron chi connectivity index (χ1n) is 13.3. The molecule has 2 rings (SSSR count). The fraction of sp³-hybridized carbons (Fsp3) is 0.481. The summed E-state index contributed by atoms with van der Waals surface area (Å²) in [5.41, 5.74) is 17.9. The fourth-order valence-corrected chi connectivity index (χ4v) is 4.35. The molecule has 1 heterocycles. The second-order valence-corrected chi connectivity index (χ2v) is 9.99. The standard InChI is InChI=1S/C27H38N6O8/c1-15(28)5-4-8-22(34)33(23(35)11-9-18(29)25(30)38)21(10-12-24(36)37)26(39)32-20(27(40)41)13-16-14-31-19-7-3-2-6-17(16)19/h2-3,6-7,14-15,18,20-21,31H,4-5,8-13,28-29H2,1H3,(H2,30,38)(H,32,39)(H,36,37)(H,40,41)/t15?,18-,20-,21-/m0/s1. The number of carbonyl (C=O) groups excluding carboxylic acids is 4. The number of primary amides is 1. The van der Waals surface area contributed by atoms with Crippen molar-refractivity contribution < 1.29 is 39.0 Å². The maximum absolute atomic E-state index is 13.5. The summed E-state index contributed by atoms with van der Waals surface area (Å²) in [6.45, 7) is 1.74. The van der Waals surface area contributed by atoms with E-state index in [2.05, 4.69) is 10.3 Å². The summed E-state index contributed by atoms with van der Waals surface area (Å²) < 4.78 is 0. The Balaban J connectivity index is 2.36. The molecular weight excluding hydrogens is 536 g/mol. The lowest BCUT2D eigenvalue weighted by Crippen LogP contribution is -2.56. The molecule has 0 aliphatic carbocycles. The highest BCUT2D eigenvalue weighted by Gasteiger charge is 2.36. The molecule has 0 saturated heterocycles. The number of para-hydroxylation sites is 1. The molecule has 1 unspecified atom stereocenters. The summed E-state index contributed by atoms with van der Waals surface area (Å²) in [6.07, 6.45) is 0.341. The van der Waals surface area contributed by atoms with Crippen LogP contribution in [0.15, 0.2) is 30.5 Å². The molecule has 0 aliphatic rings. The van der Waals surface area contributed by atoms with Gasteiger partial charge in [-0.05, 0) is 44.2 Å². The summed E-state index contributed by atoms with van der Waals surface area (Å²) in [4.78, 5) is 78.5. The number of fused-ring (bicyclic) bond motifs is 1. The van der Waals surface area contributed by atoms with Crippen LogP contribution in [0.4, 0.5) is 0 Å². The number of amides is 4. The zero-order chi connectivity index (χ0) is 30.7. The van der Waals surface area contributed by atoms with E-state index in [0.717, 1.165) is 10.9 Å². The molecule has 4 amide bonds. The van der Waals surface area contributed by atoms with Crippen LogP contribution < -0.4 is 22.5 Å². The number of hydrogen-bond donors (Lipinski definition) is 7. The summed E-state index contributed by atoms with van der Waals surface area (Å²) >= 11 is 0. The average Bonchev–Trinajstić information content (AvgIpc) is 3.31. The fourth-order valence-electron chi connectivity index (χ4n) is 4.35. The molecule has 2 aromatic rings. The number of nitrogens with two attached hydrogens (primary N) is 3. The number of rotatable bonds is 17. The van der Waals surface area contributed by atoms with E-state index in [1.807, 2.05) is 0 Å². The van der Waals surface area contributed by atoms with Gasteiger partial charge in [0.1, 0.15) is 12.1 Å². The van der Waals surface area contributed by atoms with E-state index in [1.54, 1.807) is 37.4 Å². The van der Waals surface area contributed by atoms with E-state index in [9.17, 15) is 39.0 Å². The van der Waals surface area contributed by atoms with Crippen LogP contribution in [-0.2, 0) is 35.2 Å². The van der Waals surface area contributed by atoms with E-state index >= 15 is 0 Å². The van der Waals surface area contributed by atoms with E-state index in [4.69, 9.17) is 17.2 Å². The van der Waals surface area contributed by atoms with Crippen molar-refractivity contribution in [3.05, 3.63) is 36.0 Å². The summed E-state index contributed by atoms with van der Waals surface area (Å²) in [7, 11) is 0. The van der Waals surface area contributed by atoms with Gasteiger partial charge in [0.25, 0.3) is 0 Å². The Labute approximate surface area is 236 Å². The Bertz CT molecular complexity index is 1260. The Morgan fingerprint density at radius 2 is 1.61 bits per heavy atom. The predicted octanol–water partition coefficient (Wildman–Crippen LogP) is -0.0213. The van der Waals surface area contributed by atoms with Crippen LogP contribution in [-0.4, -0.2) is 79.8 Å². The molecule has 1 aromatic heterocycles. The van der Waals surface area contributed by atoms with Gasteiger partial charge < -0.3 is 37.7 Å². The van der Waals surface area contributed by atoms with Gasteiger partial charge in [0.15, 0.2) is 0 Å². The minimum absolute atomic E-state index is 0.125. The quantitative estimate of drug-likeness (QED) is 0.133. The van der Waals surface area contributed by atoms with Crippen molar-refractivity contribution in [2.24, 2.45) is 17.2 Å². The van der Waals surface area contributed by atoms with Gasteiger partial charge in [-0.25, -0.2) is 4.79 Å². The molecule has 41 heavy (non-hydrogen) atoms. The molecule has 0 fully saturated rings. The highest BCUT2D eigenvalue weighted by Crippen LogP contribution is 2.20. The highest BCUT2D eigenvalue weighted by molar-refractivity contribution is 6.01. The van der Waals surface area contributed by atoms with Gasteiger partial charge in [-0.1, -0.05) is 18.2 Å². The number of hydrogen-bond acceptors (Lipinski definition) is 8. The smallest absolute Gasteiger partial charge is 0.326 e. The first-order valence-corrected chi connectivity index (χ1v) is 13.3. The van der Waals surface area contributed by atoms with E-state index in [-0.39, 0.29) is 31.7 Å². The first-order chi connectivity index (χ1) is 19.3. The Morgan fingerprint density at radius 1 is 0.951 bits per heavy atom. The third-order valence-electron chi connectivity index (χ3n) is 6.58. The van der Waals surface area contributed by atoms with Crippen molar-refractivity contribution in [1.29, 1.82) is 0 Å².